The largest absolute Gasteiger partial charge is 0.214 e. The Morgan fingerprint density at radius 2 is 2.06 bits per heavy atom. The highest BCUT2D eigenvalue weighted by Gasteiger charge is 2.31. The molecule has 0 aliphatic carbocycles. The van der Waals surface area contributed by atoms with E-state index in [1.807, 2.05) is 13.8 Å². The standard InChI is InChI=1S/C11H22ClNO2S/c1-10(2)6-8-16(14,15)13-7-4-3-5-11(13)9-12/h10-11H,3-9H2,1-2H3. The van der Waals surface area contributed by atoms with Gasteiger partial charge in [0, 0.05) is 18.5 Å². The average molecular weight is 268 g/mol. The van der Waals surface area contributed by atoms with E-state index in [1.165, 1.54) is 0 Å². The highest BCUT2D eigenvalue weighted by Crippen LogP contribution is 2.22. The summed E-state index contributed by atoms with van der Waals surface area (Å²) >= 11 is 5.84. The van der Waals surface area contributed by atoms with Crippen molar-refractivity contribution in [3.63, 3.8) is 0 Å². The number of hydrogen-bond acceptors (Lipinski definition) is 2. The van der Waals surface area contributed by atoms with Gasteiger partial charge in [0.1, 0.15) is 0 Å². The van der Waals surface area contributed by atoms with Crippen molar-refractivity contribution in [3.8, 4) is 0 Å². The molecule has 1 rings (SSSR count). The van der Waals surface area contributed by atoms with Crippen LogP contribution in [0, 0.1) is 5.92 Å². The van der Waals surface area contributed by atoms with Gasteiger partial charge in [0.15, 0.2) is 0 Å². The third-order valence-electron chi connectivity index (χ3n) is 3.06. The number of alkyl halides is 1. The van der Waals surface area contributed by atoms with Crippen LogP contribution in [0.1, 0.15) is 39.5 Å². The number of rotatable bonds is 5. The first-order chi connectivity index (χ1) is 7.47. The van der Waals surface area contributed by atoms with Crippen LogP contribution >= 0.6 is 11.6 Å². The van der Waals surface area contributed by atoms with Gasteiger partial charge < -0.3 is 0 Å². The normalized spacial score (nSPS) is 23.9. The zero-order chi connectivity index (χ0) is 12.2. The van der Waals surface area contributed by atoms with Gasteiger partial charge in [0.25, 0.3) is 0 Å². The van der Waals surface area contributed by atoms with Crippen molar-refractivity contribution >= 4 is 21.6 Å². The van der Waals surface area contributed by atoms with Crippen molar-refractivity contribution in [2.75, 3.05) is 18.2 Å². The number of halogens is 1. The van der Waals surface area contributed by atoms with Crippen molar-refractivity contribution in [1.82, 2.24) is 4.31 Å². The molecule has 0 amide bonds. The fraction of sp³-hybridized carbons (Fsp3) is 1.00. The number of piperidine rings is 1. The number of hydrogen-bond donors (Lipinski definition) is 0. The highest BCUT2D eigenvalue weighted by atomic mass is 35.5. The Kier molecular flexibility index (Phi) is 5.54. The molecule has 16 heavy (non-hydrogen) atoms. The van der Waals surface area contributed by atoms with E-state index < -0.39 is 10.0 Å². The van der Waals surface area contributed by atoms with Crippen LogP contribution in [-0.2, 0) is 10.0 Å². The minimum absolute atomic E-state index is 0.0209. The second-order valence-electron chi connectivity index (χ2n) is 4.91. The van der Waals surface area contributed by atoms with E-state index in [9.17, 15) is 8.42 Å². The first-order valence-corrected chi connectivity index (χ1v) is 8.17. The summed E-state index contributed by atoms with van der Waals surface area (Å²) in [7, 11) is -3.09. The van der Waals surface area contributed by atoms with Gasteiger partial charge in [-0.3, -0.25) is 0 Å². The molecular formula is C11H22ClNO2S. The zero-order valence-corrected chi connectivity index (χ0v) is 11.7. The first kappa shape index (κ1) is 14.3. The lowest BCUT2D eigenvalue weighted by Gasteiger charge is -2.33. The van der Waals surface area contributed by atoms with Crippen LogP contribution in [0.15, 0.2) is 0 Å². The molecule has 0 radical (unpaired) electrons. The molecule has 0 aromatic heterocycles. The van der Waals surface area contributed by atoms with Gasteiger partial charge in [-0.1, -0.05) is 20.3 Å². The fourth-order valence-corrected chi connectivity index (χ4v) is 4.44. The van der Waals surface area contributed by atoms with Gasteiger partial charge in [-0.25, -0.2) is 8.42 Å². The molecule has 1 heterocycles. The summed E-state index contributed by atoms with van der Waals surface area (Å²) in [6.07, 6.45) is 3.69. The van der Waals surface area contributed by atoms with E-state index in [2.05, 4.69) is 0 Å². The average Bonchev–Trinajstić information content (AvgIpc) is 2.26. The minimum atomic E-state index is -3.09. The third-order valence-corrected chi connectivity index (χ3v) is 5.36. The summed E-state index contributed by atoms with van der Waals surface area (Å²) in [5, 5.41) is 0. The molecule has 96 valence electrons. The van der Waals surface area contributed by atoms with Crippen LogP contribution in [0.2, 0.25) is 0 Å². The Morgan fingerprint density at radius 3 is 2.62 bits per heavy atom. The quantitative estimate of drug-likeness (QED) is 0.718. The lowest BCUT2D eigenvalue weighted by molar-refractivity contribution is 0.270. The summed E-state index contributed by atoms with van der Waals surface area (Å²) in [6.45, 7) is 4.74. The first-order valence-electron chi connectivity index (χ1n) is 6.03. The van der Waals surface area contributed by atoms with Crippen LogP contribution in [-0.4, -0.2) is 36.9 Å². The lowest BCUT2D eigenvalue weighted by Crippen LogP contribution is -2.45. The summed E-state index contributed by atoms with van der Waals surface area (Å²) in [5.74, 6) is 1.10. The smallest absolute Gasteiger partial charge is 0.212 e. The van der Waals surface area contributed by atoms with Crippen LogP contribution in [0.4, 0.5) is 0 Å². The molecular weight excluding hydrogens is 246 g/mol. The molecule has 0 bridgehead atoms. The van der Waals surface area contributed by atoms with Crippen molar-refractivity contribution < 1.29 is 8.42 Å². The Hall–Kier alpha value is 0.200. The van der Waals surface area contributed by atoms with Crippen LogP contribution in [0.25, 0.3) is 0 Å². The van der Waals surface area contributed by atoms with Gasteiger partial charge in [0.05, 0.1) is 5.75 Å². The summed E-state index contributed by atoms with van der Waals surface area (Å²) in [5.41, 5.74) is 0. The molecule has 1 aliphatic heterocycles. The lowest BCUT2D eigenvalue weighted by atomic mass is 10.1. The second-order valence-corrected chi connectivity index (χ2v) is 7.26. The van der Waals surface area contributed by atoms with E-state index in [4.69, 9.17) is 11.6 Å². The molecule has 1 unspecified atom stereocenters. The van der Waals surface area contributed by atoms with Gasteiger partial charge in [-0.15, -0.1) is 11.6 Å². The van der Waals surface area contributed by atoms with Crippen LogP contribution in [0.3, 0.4) is 0 Å². The summed E-state index contributed by atoms with van der Waals surface area (Å²) in [4.78, 5) is 0. The predicted molar refractivity (Wildman–Crippen MR) is 68.3 cm³/mol. The predicted octanol–water partition coefficient (Wildman–Crippen LogP) is 2.46. The van der Waals surface area contributed by atoms with E-state index in [1.54, 1.807) is 4.31 Å². The second kappa shape index (κ2) is 6.22. The highest BCUT2D eigenvalue weighted by molar-refractivity contribution is 7.89. The third kappa shape index (κ3) is 3.90. The molecule has 0 saturated carbocycles. The topological polar surface area (TPSA) is 37.4 Å². The maximum atomic E-state index is 12.1. The molecule has 1 saturated heterocycles. The number of nitrogens with zero attached hydrogens (tertiary/aromatic N) is 1. The minimum Gasteiger partial charge on any atom is -0.212 e. The van der Waals surface area contributed by atoms with Crippen molar-refractivity contribution in [1.29, 1.82) is 0 Å². The Bertz CT molecular complexity index is 303. The number of sulfonamides is 1. The van der Waals surface area contributed by atoms with E-state index in [-0.39, 0.29) is 11.8 Å². The van der Waals surface area contributed by atoms with Crippen molar-refractivity contribution in [2.24, 2.45) is 5.92 Å². The van der Waals surface area contributed by atoms with E-state index >= 15 is 0 Å². The van der Waals surface area contributed by atoms with Crippen LogP contribution < -0.4 is 0 Å². The molecule has 0 spiro atoms. The molecule has 3 nitrogen and oxygen atoms in total. The van der Waals surface area contributed by atoms with Crippen LogP contribution in [0.5, 0.6) is 0 Å². The van der Waals surface area contributed by atoms with Crippen molar-refractivity contribution in [3.05, 3.63) is 0 Å². The van der Waals surface area contributed by atoms with Gasteiger partial charge in [-0.2, -0.15) is 4.31 Å². The van der Waals surface area contributed by atoms with E-state index in [0.717, 1.165) is 25.7 Å². The monoisotopic (exact) mass is 267 g/mol. The maximum Gasteiger partial charge on any atom is 0.214 e. The van der Waals surface area contributed by atoms with Gasteiger partial charge >= 0.3 is 0 Å². The molecule has 0 aromatic rings. The molecule has 0 aromatic carbocycles. The molecule has 0 N–H and O–H groups in total. The summed E-state index contributed by atoms with van der Waals surface area (Å²) in [6, 6.07) is 0.0209. The van der Waals surface area contributed by atoms with Gasteiger partial charge in [0.2, 0.25) is 10.0 Å². The van der Waals surface area contributed by atoms with Gasteiger partial charge in [-0.05, 0) is 25.2 Å². The SMILES string of the molecule is CC(C)CCS(=O)(=O)N1CCCCC1CCl. The Morgan fingerprint density at radius 1 is 1.38 bits per heavy atom. The molecule has 5 heteroatoms. The summed E-state index contributed by atoms with van der Waals surface area (Å²) < 4.78 is 25.9. The molecule has 1 fully saturated rings. The Balaban J connectivity index is 2.64. The van der Waals surface area contributed by atoms with E-state index in [0.29, 0.717) is 18.3 Å². The zero-order valence-electron chi connectivity index (χ0n) is 10.2. The fourth-order valence-electron chi connectivity index (χ4n) is 2.00. The molecule has 1 atom stereocenters. The Labute approximate surface area is 104 Å². The maximum absolute atomic E-state index is 12.1. The van der Waals surface area contributed by atoms with Crippen molar-refractivity contribution in [2.45, 2.75) is 45.6 Å². The molecule has 1 aliphatic rings.